The Labute approximate surface area is 162 Å². The van der Waals surface area contributed by atoms with E-state index < -0.39 is 15.9 Å². The van der Waals surface area contributed by atoms with E-state index in [1.165, 1.54) is 18.3 Å². The van der Waals surface area contributed by atoms with Crippen LogP contribution in [0.25, 0.3) is 0 Å². The number of rotatable bonds is 7. The van der Waals surface area contributed by atoms with Gasteiger partial charge in [0.15, 0.2) is 0 Å². The van der Waals surface area contributed by atoms with Crippen LogP contribution in [0.3, 0.4) is 0 Å². The average Bonchev–Trinajstić information content (AvgIpc) is 2.60. The van der Waals surface area contributed by atoms with Crippen molar-refractivity contribution in [3.8, 4) is 0 Å². The van der Waals surface area contributed by atoms with Crippen LogP contribution in [-0.2, 0) is 14.8 Å². The molecule has 0 heterocycles. The number of hydrogen-bond acceptors (Lipinski definition) is 5. The van der Waals surface area contributed by atoms with Gasteiger partial charge >= 0.3 is 0 Å². The lowest BCUT2D eigenvalue weighted by molar-refractivity contribution is -0.119. The van der Waals surface area contributed by atoms with Gasteiger partial charge in [-0.1, -0.05) is 23.7 Å². The number of nitrogens with zero attached hydrogens (tertiary/aromatic N) is 2. The van der Waals surface area contributed by atoms with Crippen LogP contribution in [0.4, 0.5) is 5.69 Å². The fraction of sp³-hybridized carbons (Fsp3) is 0.176. The molecule has 0 fully saturated rings. The van der Waals surface area contributed by atoms with Gasteiger partial charge in [0.2, 0.25) is 10.0 Å². The maximum Gasteiger partial charge on any atom is 0.260 e. The molecule has 2 aromatic carbocycles. The second-order valence-corrected chi connectivity index (χ2v) is 8.54. The lowest BCUT2D eigenvalue weighted by Crippen LogP contribution is -2.38. The highest BCUT2D eigenvalue weighted by molar-refractivity contribution is 7.98. The van der Waals surface area contributed by atoms with Gasteiger partial charge in [-0.05, 0) is 48.2 Å². The molecule has 1 N–H and O–H groups in total. The molecule has 2 rings (SSSR count). The molecule has 0 aliphatic rings. The van der Waals surface area contributed by atoms with Gasteiger partial charge in [-0.25, -0.2) is 13.8 Å². The van der Waals surface area contributed by atoms with E-state index >= 15 is 0 Å². The molecule has 0 aliphatic carbocycles. The molecule has 0 spiro atoms. The third-order valence-corrected chi connectivity index (χ3v) is 5.46. The number of hydrazone groups is 1. The largest absolute Gasteiger partial charge is 0.271 e. The van der Waals surface area contributed by atoms with Gasteiger partial charge in [0.1, 0.15) is 6.54 Å². The molecule has 0 aromatic heterocycles. The minimum Gasteiger partial charge on any atom is -0.271 e. The zero-order chi connectivity index (χ0) is 19.2. The number of anilines is 1. The van der Waals surface area contributed by atoms with Crippen molar-refractivity contribution in [3.05, 3.63) is 59.1 Å². The van der Waals surface area contributed by atoms with Crippen LogP contribution in [0.15, 0.2) is 58.5 Å². The van der Waals surface area contributed by atoms with Crippen molar-refractivity contribution in [1.29, 1.82) is 0 Å². The van der Waals surface area contributed by atoms with Crippen LogP contribution >= 0.6 is 23.4 Å². The van der Waals surface area contributed by atoms with Crippen LogP contribution < -0.4 is 9.73 Å². The number of thioether (sulfide) groups is 1. The molecule has 1 amide bonds. The normalized spacial score (nSPS) is 11.5. The summed E-state index contributed by atoms with van der Waals surface area (Å²) in [6, 6.07) is 13.8. The van der Waals surface area contributed by atoms with Crippen LogP contribution in [0.5, 0.6) is 0 Å². The van der Waals surface area contributed by atoms with Gasteiger partial charge in [-0.2, -0.15) is 5.10 Å². The summed E-state index contributed by atoms with van der Waals surface area (Å²) in [7, 11) is -3.64. The van der Waals surface area contributed by atoms with Gasteiger partial charge in [0.05, 0.1) is 18.2 Å². The Morgan fingerprint density at radius 3 is 2.35 bits per heavy atom. The van der Waals surface area contributed by atoms with Crippen molar-refractivity contribution in [2.45, 2.75) is 4.90 Å². The monoisotopic (exact) mass is 411 g/mol. The Hall–Kier alpha value is -2.03. The summed E-state index contributed by atoms with van der Waals surface area (Å²) in [5.41, 5.74) is 3.51. The first-order valence-electron chi connectivity index (χ1n) is 7.49. The van der Waals surface area contributed by atoms with Gasteiger partial charge in [-0.3, -0.25) is 9.10 Å². The first-order chi connectivity index (χ1) is 12.3. The summed E-state index contributed by atoms with van der Waals surface area (Å²) >= 11 is 7.44. The third kappa shape index (κ3) is 6.05. The highest BCUT2D eigenvalue weighted by Crippen LogP contribution is 2.20. The minimum absolute atomic E-state index is 0.351. The fourth-order valence-corrected chi connectivity index (χ4v) is 3.43. The van der Waals surface area contributed by atoms with E-state index in [-0.39, 0.29) is 6.54 Å². The van der Waals surface area contributed by atoms with Crippen LogP contribution in [0.2, 0.25) is 5.02 Å². The van der Waals surface area contributed by atoms with Crippen molar-refractivity contribution in [1.82, 2.24) is 5.43 Å². The fourth-order valence-electron chi connectivity index (χ4n) is 2.04. The zero-order valence-corrected chi connectivity index (χ0v) is 16.6. The van der Waals surface area contributed by atoms with Crippen molar-refractivity contribution >= 4 is 51.2 Å². The molecular weight excluding hydrogens is 394 g/mol. The first kappa shape index (κ1) is 20.3. The molecule has 0 aliphatic heterocycles. The standard InChI is InChI=1S/C17H18ClN3O3S2/c1-25-16-9-3-13(4-10-16)11-19-20-17(22)12-21(26(2,23)24)15-7-5-14(18)6-8-15/h3-11H,12H2,1-2H3,(H,20,22)/b19-11-. The van der Waals surface area contributed by atoms with Crippen molar-refractivity contribution < 1.29 is 13.2 Å². The molecule has 0 saturated heterocycles. The van der Waals surface area contributed by atoms with Crippen LogP contribution in [-0.4, -0.2) is 39.6 Å². The summed E-state index contributed by atoms with van der Waals surface area (Å²) in [6.07, 6.45) is 4.51. The molecule has 9 heteroatoms. The smallest absolute Gasteiger partial charge is 0.260 e. The Bertz CT molecular complexity index is 882. The predicted octanol–water partition coefficient (Wildman–Crippen LogP) is 2.98. The van der Waals surface area contributed by atoms with Crippen LogP contribution in [0.1, 0.15) is 5.56 Å². The topological polar surface area (TPSA) is 78.8 Å². The van der Waals surface area contributed by atoms with E-state index in [2.05, 4.69) is 10.5 Å². The minimum atomic E-state index is -3.64. The number of benzene rings is 2. The predicted molar refractivity (Wildman–Crippen MR) is 108 cm³/mol. The lowest BCUT2D eigenvalue weighted by atomic mass is 10.2. The number of carbonyl (C=O) groups is 1. The average molecular weight is 412 g/mol. The van der Waals surface area contributed by atoms with Crippen molar-refractivity contribution in [2.75, 3.05) is 23.4 Å². The summed E-state index contributed by atoms with van der Waals surface area (Å²) < 4.78 is 24.9. The SMILES string of the molecule is CSc1ccc(/C=N\NC(=O)CN(c2ccc(Cl)cc2)S(C)(=O)=O)cc1. The number of hydrogen-bond donors (Lipinski definition) is 1. The molecule has 26 heavy (non-hydrogen) atoms. The summed E-state index contributed by atoms with van der Waals surface area (Å²) in [5, 5.41) is 4.34. The summed E-state index contributed by atoms with van der Waals surface area (Å²) in [4.78, 5) is 13.2. The number of carbonyl (C=O) groups excluding carboxylic acids is 1. The van der Waals surface area contributed by atoms with Gasteiger partial charge in [0.25, 0.3) is 5.91 Å². The number of amides is 1. The second-order valence-electron chi connectivity index (χ2n) is 5.31. The molecule has 0 saturated carbocycles. The Kier molecular flexibility index (Phi) is 7.07. The van der Waals surface area contributed by atoms with E-state index in [9.17, 15) is 13.2 Å². The Morgan fingerprint density at radius 2 is 1.81 bits per heavy atom. The summed E-state index contributed by atoms with van der Waals surface area (Å²) in [5.74, 6) is -0.553. The number of halogens is 1. The van der Waals surface area contributed by atoms with E-state index in [1.807, 2.05) is 30.5 Å². The first-order valence-corrected chi connectivity index (χ1v) is 10.9. The number of sulfonamides is 1. The van der Waals surface area contributed by atoms with Gasteiger partial charge < -0.3 is 0 Å². The molecular formula is C17H18ClN3O3S2. The van der Waals surface area contributed by atoms with Gasteiger partial charge in [-0.15, -0.1) is 11.8 Å². The molecule has 6 nitrogen and oxygen atoms in total. The van der Waals surface area contributed by atoms with E-state index in [0.29, 0.717) is 10.7 Å². The molecule has 2 aromatic rings. The number of nitrogens with one attached hydrogen (secondary N) is 1. The maximum absolute atomic E-state index is 12.1. The molecule has 0 radical (unpaired) electrons. The Morgan fingerprint density at radius 1 is 1.19 bits per heavy atom. The zero-order valence-electron chi connectivity index (χ0n) is 14.2. The maximum atomic E-state index is 12.1. The lowest BCUT2D eigenvalue weighted by Gasteiger charge is -2.21. The summed E-state index contributed by atoms with van der Waals surface area (Å²) in [6.45, 7) is -0.386. The molecule has 0 bridgehead atoms. The van der Waals surface area contributed by atoms with Crippen LogP contribution in [0, 0.1) is 0 Å². The quantitative estimate of drug-likeness (QED) is 0.431. The molecule has 0 atom stereocenters. The molecule has 138 valence electrons. The highest BCUT2D eigenvalue weighted by Gasteiger charge is 2.20. The second kappa shape index (κ2) is 9.07. The van der Waals surface area contributed by atoms with Crippen molar-refractivity contribution in [3.63, 3.8) is 0 Å². The van der Waals surface area contributed by atoms with Crippen molar-refractivity contribution in [2.24, 2.45) is 5.10 Å². The Balaban J connectivity index is 2.02. The third-order valence-electron chi connectivity index (χ3n) is 3.32. The van der Waals surface area contributed by atoms with Gasteiger partial charge in [0, 0.05) is 9.92 Å². The van der Waals surface area contributed by atoms with E-state index in [4.69, 9.17) is 11.6 Å². The van der Waals surface area contributed by atoms with E-state index in [1.54, 1.807) is 23.9 Å². The highest BCUT2D eigenvalue weighted by atomic mass is 35.5. The molecule has 0 unspecified atom stereocenters. The van der Waals surface area contributed by atoms with E-state index in [0.717, 1.165) is 21.0 Å².